The van der Waals surface area contributed by atoms with E-state index >= 15 is 0 Å². The Morgan fingerprint density at radius 3 is 2.44 bits per heavy atom. The minimum Gasteiger partial charge on any atom is -0.493 e. The average Bonchev–Trinajstić information content (AvgIpc) is 3.30. The maximum absolute atomic E-state index is 13.6. The van der Waals surface area contributed by atoms with E-state index in [1.165, 1.54) is 12.1 Å². The standard InChI is InChI=1S/C30H32BClFNO5/c1-6-34-26-22(14-15-23(32)25(26)31-38-29(2,3)30(4,5)39-31)21(27(34)28(35)36)10-8-16-37-24-11-7-9-18-17-19(33)12-13-20(18)24/h7,9,11-15,17H,6,8,10,16H2,1-5H3,(H,35,36). The van der Waals surface area contributed by atoms with Crippen molar-refractivity contribution in [3.63, 3.8) is 0 Å². The van der Waals surface area contributed by atoms with Crippen molar-refractivity contribution in [2.45, 2.75) is 65.2 Å². The summed E-state index contributed by atoms with van der Waals surface area (Å²) in [6, 6.07) is 13.8. The molecule has 1 aromatic heterocycles. The average molecular weight is 552 g/mol. The topological polar surface area (TPSA) is 69.9 Å². The number of benzene rings is 3. The van der Waals surface area contributed by atoms with Crippen molar-refractivity contribution in [3.8, 4) is 5.75 Å². The molecule has 0 atom stereocenters. The number of hydrogen-bond donors (Lipinski definition) is 1. The van der Waals surface area contributed by atoms with Crippen LogP contribution in [0.25, 0.3) is 21.7 Å². The molecule has 1 N–H and O–H groups in total. The van der Waals surface area contributed by atoms with Gasteiger partial charge in [-0.1, -0.05) is 29.8 Å². The van der Waals surface area contributed by atoms with Crippen molar-refractivity contribution in [1.29, 1.82) is 0 Å². The molecule has 4 aromatic rings. The maximum atomic E-state index is 13.6. The third-order valence-corrected chi connectivity index (χ3v) is 8.28. The minimum atomic E-state index is -1.00. The molecule has 1 aliphatic heterocycles. The van der Waals surface area contributed by atoms with Crippen LogP contribution in [0.1, 0.15) is 57.1 Å². The highest BCUT2D eigenvalue weighted by atomic mass is 35.5. The summed E-state index contributed by atoms with van der Waals surface area (Å²) in [4.78, 5) is 12.5. The van der Waals surface area contributed by atoms with Crippen LogP contribution < -0.4 is 10.2 Å². The van der Waals surface area contributed by atoms with Crippen LogP contribution in [0.2, 0.25) is 5.02 Å². The fraction of sp³-hybridized carbons (Fsp3) is 0.367. The second-order valence-corrected chi connectivity index (χ2v) is 11.3. The fourth-order valence-electron chi connectivity index (χ4n) is 5.30. The van der Waals surface area contributed by atoms with E-state index in [9.17, 15) is 14.3 Å². The SMILES string of the molecule is CCn1c(C(=O)O)c(CCCOc2cccc3cc(F)ccc23)c2ccc(Cl)c(B3OC(C)(C)C(C)(C)O3)c21. The molecule has 1 fully saturated rings. The van der Waals surface area contributed by atoms with Gasteiger partial charge in [-0.25, -0.2) is 9.18 Å². The summed E-state index contributed by atoms with van der Waals surface area (Å²) in [6.45, 7) is 10.6. The van der Waals surface area contributed by atoms with E-state index in [1.54, 1.807) is 16.7 Å². The Labute approximate surface area is 232 Å². The molecule has 0 spiro atoms. The molecule has 3 aromatic carbocycles. The summed E-state index contributed by atoms with van der Waals surface area (Å²) in [5.41, 5.74) is 1.16. The van der Waals surface area contributed by atoms with E-state index in [1.807, 2.05) is 58.9 Å². The molecule has 6 nitrogen and oxygen atoms in total. The summed E-state index contributed by atoms with van der Waals surface area (Å²) in [5, 5.41) is 13.1. The number of aromatic nitrogens is 1. The molecule has 39 heavy (non-hydrogen) atoms. The van der Waals surface area contributed by atoms with Gasteiger partial charge in [-0.15, -0.1) is 0 Å². The molecule has 1 saturated heterocycles. The second-order valence-electron chi connectivity index (χ2n) is 10.9. The van der Waals surface area contributed by atoms with Gasteiger partial charge in [0.1, 0.15) is 17.3 Å². The molecule has 0 unspecified atom stereocenters. The number of rotatable bonds is 8. The van der Waals surface area contributed by atoms with Gasteiger partial charge in [0.15, 0.2) is 0 Å². The zero-order chi connectivity index (χ0) is 28.1. The highest BCUT2D eigenvalue weighted by Crippen LogP contribution is 2.39. The number of fused-ring (bicyclic) bond motifs is 2. The van der Waals surface area contributed by atoms with Crippen molar-refractivity contribution in [1.82, 2.24) is 4.57 Å². The molecule has 0 radical (unpaired) electrons. The molecule has 0 amide bonds. The molecule has 2 heterocycles. The van der Waals surface area contributed by atoms with Crippen molar-refractivity contribution < 1.29 is 28.3 Å². The smallest absolute Gasteiger partial charge is 0.493 e. The Kier molecular flexibility index (Phi) is 7.16. The number of nitrogens with zero attached hydrogens (tertiary/aromatic N) is 1. The zero-order valence-electron chi connectivity index (χ0n) is 22.8. The predicted molar refractivity (Wildman–Crippen MR) is 153 cm³/mol. The van der Waals surface area contributed by atoms with Gasteiger partial charge in [0.25, 0.3) is 0 Å². The lowest BCUT2D eigenvalue weighted by Crippen LogP contribution is -2.41. The highest BCUT2D eigenvalue weighted by molar-refractivity contribution is 6.68. The predicted octanol–water partition coefficient (Wildman–Crippen LogP) is 6.62. The number of hydrogen-bond acceptors (Lipinski definition) is 4. The summed E-state index contributed by atoms with van der Waals surface area (Å²) >= 11 is 6.73. The molecule has 0 bridgehead atoms. The Morgan fingerprint density at radius 2 is 1.77 bits per heavy atom. The Morgan fingerprint density at radius 1 is 1.08 bits per heavy atom. The highest BCUT2D eigenvalue weighted by Gasteiger charge is 2.53. The lowest BCUT2D eigenvalue weighted by molar-refractivity contribution is 0.00578. The number of ether oxygens (including phenoxy) is 1. The Bertz CT molecular complexity index is 1570. The summed E-state index contributed by atoms with van der Waals surface area (Å²) in [5.74, 6) is -0.638. The lowest BCUT2D eigenvalue weighted by Gasteiger charge is -2.32. The number of carboxylic acid groups (broad SMARTS) is 1. The lowest BCUT2D eigenvalue weighted by atomic mass is 9.77. The first-order valence-electron chi connectivity index (χ1n) is 13.2. The Hall–Kier alpha value is -3.07. The van der Waals surface area contributed by atoms with Gasteiger partial charge in [0, 0.05) is 27.8 Å². The van der Waals surface area contributed by atoms with Crippen LogP contribution in [0.5, 0.6) is 5.75 Å². The van der Waals surface area contributed by atoms with Gasteiger partial charge in [-0.05, 0) is 88.7 Å². The van der Waals surface area contributed by atoms with Gasteiger partial charge in [0.05, 0.1) is 23.3 Å². The maximum Gasteiger partial charge on any atom is 0.498 e. The number of carbonyl (C=O) groups is 1. The minimum absolute atomic E-state index is 0.230. The first kappa shape index (κ1) is 27.5. The van der Waals surface area contributed by atoms with E-state index in [2.05, 4.69) is 0 Å². The first-order valence-corrected chi connectivity index (χ1v) is 13.6. The molecule has 1 aliphatic rings. The number of aromatic carboxylic acids is 1. The first-order chi connectivity index (χ1) is 18.4. The van der Waals surface area contributed by atoms with Crippen LogP contribution in [-0.2, 0) is 22.3 Å². The molecular weight excluding hydrogens is 520 g/mol. The molecule has 9 heteroatoms. The largest absolute Gasteiger partial charge is 0.498 e. The second kappa shape index (κ2) is 10.2. The van der Waals surface area contributed by atoms with Gasteiger partial charge < -0.3 is 23.7 Å². The van der Waals surface area contributed by atoms with Gasteiger partial charge in [-0.2, -0.15) is 0 Å². The third kappa shape index (κ3) is 4.79. The van der Waals surface area contributed by atoms with Crippen LogP contribution in [-0.4, -0.2) is 40.6 Å². The number of halogens is 2. The van der Waals surface area contributed by atoms with E-state index in [0.29, 0.717) is 47.7 Å². The van der Waals surface area contributed by atoms with Crippen LogP contribution >= 0.6 is 11.6 Å². The van der Waals surface area contributed by atoms with Crippen molar-refractivity contribution in [2.24, 2.45) is 0 Å². The number of carboxylic acids is 1. The molecule has 0 aliphatic carbocycles. The number of aryl methyl sites for hydroxylation is 2. The summed E-state index contributed by atoms with van der Waals surface area (Å²) in [7, 11) is -0.736. The van der Waals surface area contributed by atoms with Gasteiger partial charge in [-0.3, -0.25) is 0 Å². The van der Waals surface area contributed by atoms with E-state index in [4.69, 9.17) is 25.6 Å². The van der Waals surface area contributed by atoms with Crippen LogP contribution in [0.15, 0.2) is 48.5 Å². The van der Waals surface area contributed by atoms with Gasteiger partial charge in [0.2, 0.25) is 0 Å². The Balaban J connectivity index is 1.48. The molecule has 0 saturated carbocycles. The van der Waals surface area contributed by atoms with Crippen molar-refractivity contribution in [2.75, 3.05) is 6.61 Å². The fourth-order valence-corrected chi connectivity index (χ4v) is 5.54. The summed E-state index contributed by atoms with van der Waals surface area (Å²) in [6.07, 6.45) is 1.06. The molecular formula is C30H32BClFNO5. The van der Waals surface area contributed by atoms with Crippen LogP contribution in [0, 0.1) is 5.82 Å². The molecule has 204 valence electrons. The normalized spacial score (nSPS) is 16.3. The monoisotopic (exact) mass is 551 g/mol. The quantitative estimate of drug-likeness (QED) is 0.197. The van der Waals surface area contributed by atoms with Crippen LogP contribution in [0.3, 0.4) is 0 Å². The van der Waals surface area contributed by atoms with Crippen molar-refractivity contribution >= 4 is 51.8 Å². The van der Waals surface area contributed by atoms with E-state index in [-0.39, 0.29) is 11.5 Å². The summed E-state index contributed by atoms with van der Waals surface area (Å²) < 4.78 is 34.1. The van der Waals surface area contributed by atoms with Crippen molar-refractivity contribution in [3.05, 3.63) is 70.6 Å². The third-order valence-electron chi connectivity index (χ3n) is 7.95. The van der Waals surface area contributed by atoms with E-state index in [0.717, 1.165) is 21.7 Å². The zero-order valence-corrected chi connectivity index (χ0v) is 23.6. The van der Waals surface area contributed by atoms with E-state index < -0.39 is 24.3 Å². The molecule has 5 rings (SSSR count). The van der Waals surface area contributed by atoms with Crippen LogP contribution in [0.4, 0.5) is 4.39 Å². The van der Waals surface area contributed by atoms with Gasteiger partial charge >= 0.3 is 13.1 Å².